The topological polar surface area (TPSA) is 65.2 Å². The van der Waals surface area contributed by atoms with Crippen molar-refractivity contribution in [2.45, 2.75) is 20.0 Å². The molecule has 1 aromatic heterocycles. The Morgan fingerprint density at radius 3 is 2.85 bits per heavy atom. The van der Waals surface area contributed by atoms with Crippen LogP contribution in [0.2, 0.25) is 0 Å². The maximum absolute atomic E-state index is 11.3. The van der Waals surface area contributed by atoms with Gasteiger partial charge in [-0.25, -0.2) is 9.78 Å². The maximum Gasteiger partial charge on any atom is 0.338 e. The summed E-state index contributed by atoms with van der Waals surface area (Å²) in [6.45, 7) is 3.59. The zero-order valence-electron chi connectivity index (χ0n) is 7.65. The Hall–Kier alpha value is -1.58. The summed E-state index contributed by atoms with van der Waals surface area (Å²) >= 11 is 0. The number of carbonyl (C=O) groups excluding carboxylic acids is 1. The molecule has 0 aliphatic heterocycles. The molecule has 0 radical (unpaired) electrons. The van der Waals surface area contributed by atoms with Crippen molar-refractivity contribution in [2.75, 3.05) is 5.73 Å². The smallest absolute Gasteiger partial charge is 0.338 e. The minimum absolute atomic E-state index is 0.123. The third-order valence-electron chi connectivity index (χ3n) is 1.36. The number of nitrogens with two attached hydrogens (primary N) is 1. The molecule has 0 aliphatic carbocycles. The number of hydrogen-bond acceptors (Lipinski definition) is 4. The van der Waals surface area contributed by atoms with Crippen molar-refractivity contribution in [3.63, 3.8) is 0 Å². The van der Waals surface area contributed by atoms with Crippen LogP contribution in [-0.2, 0) is 4.74 Å². The molecule has 70 valence electrons. The van der Waals surface area contributed by atoms with Gasteiger partial charge in [-0.05, 0) is 26.0 Å². The molecule has 13 heavy (non-hydrogen) atoms. The highest BCUT2D eigenvalue weighted by Crippen LogP contribution is 2.06. The minimum atomic E-state index is -0.371. The first kappa shape index (κ1) is 9.51. The lowest BCUT2D eigenvalue weighted by atomic mass is 10.2. The van der Waals surface area contributed by atoms with E-state index in [0.717, 1.165) is 0 Å². The summed E-state index contributed by atoms with van der Waals surface area (Å²) in [5.74, 6) is -0.0534. The molecule has 0 aliphatic rings. The second-order valence-electron chi connectivity index (χ2n) is 2.92. The van der Waals surface area contributed by atoms with Gasteiger partial charge in [-0.2, -0.15) is 0 Å². The fourth-order valence-corrected chi connectivity index (χ4v) is 0.857. The number of anilines is 1. The van der Waals surface area contributed by atoms with E-state index in [4.69, 9.17) is 10.5 Å². The highest BCUT2D eigenvalue weighted by molar-refractivity contribution is 5.90. The number of rotatable bonds is 2. The van der Waals surface area contributed by atoms with Crippen LogP contribution in [0.25, 0.3) is 0 Å². The number of nitrogen functional groups attached to an aromatic ring is 1. The molecule has 0 amide bonds. The molecule has 1 aromatic rings. The SMILES string of the molecule is CC(C)OC(=O)c1ccnc(N)c1. The summed E-state index contributed by atoms with van der Waals surface area (Å²) in [6.07, 6.45) is 1.36. The Morgan fingerprint density at radius 1 is 1.62 bits per heavy atom. The molecule has 0 fully saturated rings. The number of nitrogens with zero attached hydrogens (tertiary/aromatic N) is 1. The van der Waals surface area contributed by atoms with Gasteiger partial charge in [0.1, 0.15) is 5.82 Å². The number of carbonyl (C=O) groups is 1. The standard InChI is InChI=1S/C9H12N2O2/c1-6(2)13-9(12)7-3-4-11-8(10)5-7/h3-6H,1-2H3,(H2,10,11). The Morgan fingerprint density at radius 2 is 2.31 bits per heavy atom. The molecule has 4 nitrogen and oxygen atoms in total. The van der Waals surface area contributed by atoms with Crippen molar-refractivity contribution in [3.8, 4) is 0 Å². The summed E-state index contributed by atoms with van der Waals surface area (Å²) in [5.41, 5.74) is 5.84. The van der Waals surface area contributed by atoms with E-state index in [0.29, 0.717) is 11.4 Å². The molecule has 1 rings (SSSR count). The molecular weight excluding hydrogens is 168 g/mol. The number of aromatic nitrogens is 1. The van der Waals surface area contributed by atoms with Gasteiger partial charge in [-0.15, -0.1) is 0 Å². The van der Waals surface area contributed by atoms with Gasteiger partial charge in [-0.1, -0.05) is 0 Å². The molecule has 0 spiro atoms. The molecule has 0 atom stereocenters. The van der Waals surface area contributed by atoms with Crippen molar-refractivity contribution in [2.24, 2.45) is 0 Å². The summed E-state index contributed by atoms with van der Waals surface area (Å²) < 4.78 is 4.97. The van der Waals surface area contributed by atoms with Crippen LogP contribution in [-0.4, -0.2) is 17.1 Å². The third kappa shape index (κ3) is 2.74. The highest BCUT2D eigenvalue weighted by atomic mass is 16.5. The maximum atomic E-state index is 11.3. The van der Waals surface area contributed by atoms with E-state index in [1.54, 1.807) is 19.9 Å². The number of pyridine rings is 1. The normalized spacial score (nSPS) is 10.1. The average Bonchev–Trinajstić information content (AvgIpc) is 2.03. The van der Waals surface area contributed by atoms with Crippen molar-refractivity contribution < 1.29 is 9.53 Å². The highest BCUT2D eigenvalue weighted by Gasteiger charge is 2.08. The molecule has 1 heterocycles. The Bertz CT molecular complexity index is 310. The molecule has 2 N–H and O–H groups in total. The predicted molar refractivity (Wildman–Crippen MR) is 49.2 cm³/mol. The van der Waals surface area contributed by atoms with E-state index in [9.17, 15) is 4.79 Å². The molecule has 4 heteroatoms. The third-order valence-corrected chi connectivity index (χ3v) is 1.36. The minimum Gasteiger partial charge on any atom is -0.459 e. The predicted octanol–water partition coefficient (Wildman–Crippen LogP) is 1.23. The summed E-state index contributed by atoms with van der Waals surface area (Å²) in [5, 5.41) is 0. The van der Waals surface area contributed by atoms with E-state index in [1.165, 1.54) is 12.3 Å². The summed E-state index contributed by atoms with van der Waals surface area (Å²) in [4.78, 5) is 15.1. The fourth-order valence-electron chi connectivity index (χ4n) is 0.857. The van der Waals surface area contributed by atoms with Gasteiger partial charge in [0.15, 0.2) is 0 Å². The Labute approximate surface area is 76.7 Å². The van der Waals surface area contributed by atoms with Gasteiger partial charge in [0.2, 0.25) is 0 Å². The number of ether oxygens (including phenoxy) is 1. The van der Waals surface area contributed by atoms with Crippen LogP contribution < -0.4 is 5.73 Å². The monoisotopic (exact) mass is 180 g/mol. The van der Waals surface area contributed by atoms with Gasteiger partial charge in [0, 0.05) is 6.20 Å². The quantitative estimate of drug-likeness (QED) is 0.695. The molecule has 0 aromatic carbocycles. The second-order valence-corrected chi connectivity index (χ2v) is 2.92. The van der Waals surface area contributed by atoms with Crippen molar-refractivity contribution in [1.29, 1.82) is 0 Å². The first-order chi connectivity index (χ1) is 6.09. The van der Waals surface area contributed by atoms with Crippen molar-refractivity contribution >= 4 is 11.8 Å². The largest absolute Gasteiger partial charge is 0.459 e. The van der Waals surface area contributed by atoms with Crippen LogP contribution in [0.4, 0.5) is 5.82 Å². The van der Waals surface area contributed by atoms with E-state index in [1.807, 2.05) is 0 Å². The molecule has 0 saturated carbocycles. The molecular formula is C9H12N2O2. The first-order valence-corrected chi connectivity index (χ1v) is 4.02. The van der Waals surface area contributed by atoms with Gasteiger partial charge in [-0.3, -0.25) is 0 Å². The van der Waals surface area contributed by atoms with Crippen LogP contribution >= 0.6 is 0 Å². The second kappa shape index (κ2) is 3.89. The van der Waals surface area contributed by atoms with Gasteiger partial charge >= 0.3 is 5.97 Å². The van der Waals surface area contributed by atoms with Gasteiger partial charge in [0.25, 0.3) is 0 Å². The van der Waals surface area contributed by atoms with Crippen LogP contribution in [0.1, 0.15) is 24.2 Å². The van der Waals surface area contributed by atoms with E-state index < -0.39 is 0 Å². The fraction of sp³-hybridized carbons (Fsp3) is 0.333. The number of esters is 1. The van der Waals surface area contributed by atoms with E-state index >= 15 is 0 Å². The molecule has 0 saturated heterocycles. The van der Waals surface area contributed by atoms with Crippen molar-refractivity contribution in [3.05, 3.63) is 23.9 Å². The van der Waals surface area contributed by atoms with E-state index in [-0.39, 0.29) is 12.1 Å². The van der Waals surface area contributed by atoms with Gasteiger partial charge in [0.05, 0.1) is 11.7 Å². The van der Waals surface area contributed by atoms with Crippen LogP contribution in [0.15, 0.2) is 18.3 Å². The Balaban J connectivity index is 2.77. The summed E-state index contributed by atoms with van der Waals surface area (Å²) in [6, 6.07) is 3.06. The average molecular weight is 180 g/mol. The van der Waals surface area contributed by atoms with Gasteiger partial charge < -0.3 is 10.5 Å². The molecule has 0 unspecified atom stereocenters. The van der Waals surface area contributed by atoms with E-state index in [2.05, 4.69) is 4.98 Å². The lowest BCUT2D eigenvalue weighted by molar-refractivity contribution is 0.0378. The summed E-state index contributed by atoms with van der Waals surface area (Å²) in [7, 11) is 0. The first-order valence-electron chi connectivity index (χ1n) is 4.02. The van der Waals surface area contributed by atoms with Crippen LogP contribution in [0, 0.1) is 0 Å². The zero-order chi connectivity index (χ0) is 9.84. The number of hydrogen-bond donors (Lipinski definition) is 1. The van der Waals surface area contributed by atoms with Crippen LogP contribution in [0.3, 0.4) is 0 Å². The molecule has 0 bridgehead atoms. The lowest BCUT2D eigenvalue weighted by Crippen LogP contribution is -2.11. The lowest BCUT2D eigenvalue weighted by Gasteiger charge is -2.07. The Kier molecular flexibility index (Phi) is 2.84. The zero-order valence-corrected chi connectivity index (χ0v) is 7.65. The van der Waals surface area contributed by atoms with Crippen LogP contribution in [0.5, 0.6) is 0 Å². The van der Waals surface area contributed by atoms with Crippen molar-refractivity contribution in [1.82, 2.24) is 4.98 Å².